The van der Waals surface area contributed by atoms with Crippen molar-refractivity contribution in [1.29, 1.82) is 0 Å². The lowest BCUT2D eigenvalue weighted by Crippen LogP contribution is -2.56. The first-order valence-corrected chi connectivity index (χ1v) is 10.5. The number of carbonyl (C=O) groups excluding carboxylic acids is 3. The Hall–Kier alpha value is -2.52. The Morgan fingerprint density at radius 1 is 1.20 bits per heavy atom. The average molecular weight is 420 g/mol. The molecule has 2 atom stereocenters. The summed E-state index contributed by atoms with van der Waals surface area (Å²) in [6.07, 6.45) is 2.51. The first-order chi connectivity index (χ1) is 14.4. The van der Waals surface area contributed by atoms with Crippen LogP contribution < -0.4 is 10.9 Å². The smallest absolute Gasteiger partial charge is 0.312 e. The van der Waals surface area contributed by atoms with Crippen molar-refractivity contribution in [2.45, 2.75) is 38.3 Å². The van der Waals surface area contributed by atoms with E-state index in [1.54, 1.807) is 24.1 Å². The Morgan fingerprint density at radius 2 is 1.93 bits per heavy atom. The van der Waals surface area contributed by atoms with Gasteiger partial charge in [-0.2, -0.15) is 0 Å². The summed E-state index contributed by atoms with van der Waals surface area (Å²) in [4.78, 5) is 41.0. The number of amides is 3. The van der Waals surface area contributed by atoms with Crippen molar-refractivity contribution < 1.29 is 18.8 Å². The van der Waals surface area contributed by atoms with Crippen LogP contribution in [0.1, 0.15) is 37.8 Å². The Bertz CT molecular complexity index is 790. The highest BCUT2D eigenvalue weighted by Gasteiger charge is 2.33. The van der Waals surface area contributed by atoms with Gasteiger partial charge in [0.15, 0.2) is 0 Å². The standard InChI is InChI=1S/C21H30FN5O3/c1-3-26-10-11-27(21(30)20(26)29)14-19(28)25(2)9-5-8-17-13-18(24-23-17)15-6-4-7-16(22)12-15/h4,6-7,12,17-18,23-24H,3,5,8-11,13-14H2,1-2H3. The Morgan fingerprint density at radius 3 is 2.67 bits per heavy atom. The number of likely N-dealkylation sites (N-methyl/N-ethyl adjacent to an activating group) is 2. The van der Waals surface area contributed by atoms with Crippen LogP contribution in [0.2, 0.25) is 0 Å². The second-order valence-electron chi connectivity index (χ2n) is 7.90. The number of piperazine rings is 1. The van der Waals surface area contributed by atoms with Crippen molar-refractivity contribution in [2.24, 2.45) is 0 Å². The highest BCUT2D eigenvalue weighted by molar-refractivity contribution is 6.35. The summed E-state index contributed by atoms with van der Waals surface area (Å²) in [6.45, 7) is 3.68. The highest BCUT2D eigenvalue weighted by atomic mass is 19.1. The monoisotopic (exact) mass is 419 g/mol. The minimum Gasteiger partial charge on any atom is -0.344 e. The third kappa shape index (κ3) is 5.34. The van der Waals surface area contributed by atoms with E-state index >= 15 is 0 Å². The third-order valence-electron chi connectivity index (χ3n) is 5.81. The van der Waals surface area contributed by atoms with E-state index in [1.165, 1.54) is 15.9 Å². The summed E-state index contributed by atoms with van der Waals surface area (Å²) in [5, 5.41) is 0. The van der Waals surface area contributed by atoms with E-state index in [-0.39, 0.29) is 30.4 Å². The topological polar surface area (TPSA) is 85.0 Å². The van der Waals surface area contributed by atoms with E-state index in [9.17, 15) is 18.8 Å². The molecule has 2 aliphatic rings. The Labute approximate surface area is 176 Å². The molecule has 2 aliphatic heterocycles. The lowest BCUT2D eigenvalue weighted by Gasteiger charge is -2.33. The minimum absolute atomic E-state index is 0.0652. The van der Waals surface area contributed by atoms with Gasteiger partial charge in [0.1, 0.15) is 12.4 Å². The van der Waals surface area contributed by atoms with Gasteiger partial charge in [0, 0.05) is 45.3 Å². The predicted molar refractivity (Wildman–Crippen MR) is 110 cm³/mol. The quantitative estimate of drug-likeness (QED) is 0.605. The molecule has 1 aromatic rings. The van der Waals surface area contributed by atoms with Crippen LogP contribution in [-0.4, -0.2) is 78.2 Å². The molecule has 2 saturated heterocycles. The van der Waals surface area contributed by atoms with Crippen LogP contribution in [0.15, 0.2) is 24.3 Å². The first kappa shape index (κ1) is 22.2. The number of halogens is 1. The van der Waals surface area contributed by atoms with Crippen LogP contribution in [0.3, 0.4) is 0 Å². The summed E-state index contributed by atoms with van der Waals surface area (Å²) >= 11 is 0. The first-order valence-electron chi connectivity index (χ1n) is 10.5. The molecule has 0 spiro atoms. The molecule has 0 saturated carbocycles. The summed E-state index contributed by atoms with van der Waals surface area (Å²) in [5.74, 6) is -1.55. The molecule has 0 aliphatic carbocycles. The molecule has 30 heavy (non-hydrogen) atoms. The number of nitrogens with one attached hydrogen (secondary N) is 2. The molecular formula is C21H30FN5O3. The molecule has 2 heterocycles. The fourth-order valence-electron chi connectivity index (χ4n) is 3.90. The second-order valence-corrected chi connectivity index (χ2v) is 7.90. The van der Waals surface area contributed by atoms with Gasteiger partial charge in [-0.1, -0.05) is 12.1 Å². The van der Waals surface area contributed by atoms with Crippen molar-refractivity contribution >= 4 is 17.7 Å². The zero-order chi connectivity index (χ0) is 21.7. The molecule has 0 aromatic heterocycles. The maximum absolute atomic E-state index is 13.4. The van der Waals surface area contributed by atoms with Gasteiger partial charge in [-0.15, -0.1) is 0 Å². The van der Waals surface area contributed by atoms with Crippen molar-refractivity contribution in [2.75, 3.05) is 39.8 Å². The normalized spacial score (nSPS) is 22.0. The lowest BCUT2D eigenvalue weighted by molar-refractivity contribution is -0.157. The molecule has 3 amide bonds. The summed E-state index contributed by atoms with van der Waals surface area (Å²) in [5.41, 5.74) is 7.36. The van der Waals surface area contributed by atoms with E-state index in [0.29, 0.717) is 26.2 Å². The van der Waals surface area contributed by atoms with Crippen LogP contribution in [0.5, 0.6) is 0 Å². The zero-order valence-corrected chi connectivity index (χ0v) is 17.6. The fraction of sp³-hybridized carbons (Fsp3) is 0.571. The summed E-state index contributed by atoms with van der Waals surface area (Å²) in [6, 6.07) is 6.90. The van der Waals surface area contributed by atoms with Crippen LogP contribution >= 0.6 is 0 Å². The number of hydrazine groups is 1. The van der Waals surface area contributed by atoms with Crippen LogP contribution in [0, 0.1) is 5.82 Å². The maximum atomic E-state index is 13.4. The van der Waals surface area contributed by atoms with Crippen LogP contribution in [0.4, 0.5) is 4.39 Å². The molecule has 2 N–H and O–H groups in total. The zero-order valence-electron chi connectivity index (χ0n) is 17.6. The number of benzene rings is 1. The number of hydrogen-bond acceptors (Lipinski definition) is 5. The van der Waals surface area contributed by atoms with Crippen LogP contribution in [0.25, 0.3) is 0 Å². The van der Waals surface area contributed by atoms with E-state index in [0.717, 1.165) is 24.8 Å². The molecular weight excluding hydrogens is 389 g/mol. The third-order valence-corrected chi connectivity index (χ3v) is 5.81. The summed E-state index contributed by atoms with van der Waals surface area (Å²) < 4.78 is 13.4. The SMILES string of the molecule is CCN1CCN(CC(=O)N(C)CCCC2CC(c3cccc(F)c3)NN2)C(=O)C1=O. The second kappa shape index (κ2) is 9.99. The maximum Gasteiger partial charge on any atom is 0.312 e. The number of nitrogens with zero attached hydrogens (tertiary/aromatic N) is 3. The minimum atomic E-state index is -0.602. The highest BCUT2D eigenvalue weighted by Crippen LogP contribution is 2.24. The predicted octanol–water partition coefficient (Wildman–Crippen LogP) is 0.663. The molecule has 164 valence electrons. The van der Waals surface area contributed by atoms with Gasteiger partial charge >= 0.3 is 11.8 Å². The molecule has 8 nitrogen and oxygen atoms in total. The molecule has 0 bridgehead atoms. The van der Waals surface area contributed by atoms with E-state index < -0.39 is 11.8 Å². The van der Waals surface area contributed by atoms with Gasteiger partial charge in [-0.25, -0.2) is 4.39 Å². The van der Waals surface area contributed by atoms with Gasteiger partial charge in [0.2, 0.25) is 5.91 Å². The van der Waals surface area contributed by atoms with Gasteiger partial charge in [0.25, 0.3) is 0 Å². The molecule has 9 heteroatoms. The van der Waals surface area contributed by atoms with Gasteiger partial charge in [0.05, 0.1) is 0 Å². The Kier molecular flexibility index (Phi) is 7.38. The van der Waals surface area contributed by atoms with Crippen molar-refractivity contribution in [1.82, 2.24) is 25.6 Å². The van der Waals surface area contributed by atoms with Gasteiger partial charge in [-0.05, 0) is 43.9 Å². The number of rotatable bonds is 8. The molecule has 0 radical (unpaired) electrons. The lowest BCUT2D eigenvalue weighted by atomic mass is 9.99. The molecule has 2 fully saturated rings. The fourth-order valence-corrected chi connectivity index (χ4v) is 3.90. The van der Waals surface area contributed by atoms with E-state index in [4.69, 9.17) is 0 Å². The number of hydrogen-bond donors (Lipinski definition) is 2. The van der Waals surface area contributed by atoms with Gasteiger partial charge < -0.3 is 14.7 Å². The van der Waals surface area contributed by atoms with Gasteiger partial charge in [-0.3, -0.25) is 25.2 Å². The van der Waals surface area contributed by atoms with Crippen LogP contribution in [-0.2, 0) is 14.4 Å². The molecule has 1 aromatic carbocycles. The van der Waals surface area contributed by atoms with Crippen molar-refractivity contribution in [3.8, 4) is 0 Å². The van der Waals surface area contributed by atoms with E-state index in [2.05, 4.69) is 10.9 Å². The molecule has 3 rings (SSSR count). The Balaban J connectivity index is 1.38. The van der Waals surface area contributed by atoms with E-state index in [1.807, 2.05) is 13.0 Å². The number of carbonyl (C=O) groups is 3. The largest absolute Gasteiger partial charge is 0.344 e. The average Bonchev–Trinajstić information content (AvgIpc) is 3.20. The van der Waals surface area contributed by atoms with Crippen molar-refractivity contribution in [3.63, 3.8) is 0 Å². The molecule has 2 unspecified atom stereocenters. The van der Waals surface area contributed by atoms with Crippen molar-refractivity contribution in [3.05, 3.63) is 35.6 Å². The summed E-state index contributed by atoms with van der Waals surface area (Å²) in [7, 11) is 1.72.